The van der Waals surface area contributed by atoms with E-state index in [9.17, 15) is 0 Å². The third-order valence-corrected chi connectivity index (χ3v) is 6.02. The predicted octanol–water partition coefficient (Wildman–Crippen LogP) is 4.36. The number of nitrogens with one attached hydrogen (secondary N) is 1. The van der Waals surface area contributed by atoms with Crippen molar-refractivity contribution in [2.24, 2.45) is 10.9 Å². The summed E-state index contributed by atoms with van der Waals surface area (Å²) in [4.78, 5) is 13.4. The van der Waals surface area contributed by atoms with E-state index in [4.69, 9.17) is 20.8 Å². The summed E-state index contributed by atoms with van der Waals surface area (Å²) in [5, 5.41) is 4.23. The summed E-state index contributed by atoms with van der Waals surface area (Å²) in [6.45, 7) is 9.15. The van der Waals surface area contributed by atoms with Crippen molar-refractivity contribution in [1.82, 2.24) is 20.1 Å². The molecule has 1 aromatic carbocycles. The lowest BCUT2D eigenvalue weighted by Crippen LogP contribution is -2.44. The molecule has 1 fully saturated rings. The third kappa shape index (κ3) is 8.12. The Labute approximate surface area is 213 Å². The molecule has 0 saturated carbocycles. The zero-order valence-electron chi connectivity index (χ0n) is 19.4. The van der Waals surface area contributed by atoms with Crippen LogP contribution in [0.4, 0.5) is 0 Å². The van der Waals surface area contributed by atoms with Crippen LogP contribution >= 0.6 is 35.6 Å². The van der Waals surface area contributed by atoms with Gasteiger partial charge in [0, 0.05) is 25.7 Å². The number of halogens is 2. The number of likely N-dealkylation sites (N-methyl/N-ethyl adjacent to an activating group) is 1. The van der Waals surface area contributed by atoms with E-state index >= 15 is 0 Å². The minimum atomic E-state index is 0. The van der Waals surface area contributed by atoms with E-state index in [-0.39, 0.29) is 24.0 Å². The number of benzene rings is 1. The second-order valence-electron chi connectivity index (χ2n) is 8.12. The molecule has 2 aromatic rings. The Hall–Kier alpha value is -1.52. The number of aliphatic imine (C=N–C) groups is 1. The van der Waals surface area contributed by atoms with Crippen molar-refractivity contribution in [2.45, 2.75) is 33.2 Å². The summed E-state index contributed by atoms with van der Waals surface area (Å²) < 4.78 is 11.5. The van der Waals surface area contributed by atoms with Crippen LogP contribution in [0.1, 0.15) is 30.2 Å². The maximum Gasteiger partial charge on any atom is 0.208 e. The van der Waals surface area contributed by atoms with E-state index in [0.29, 0.717) is 17.5 Å². The number of guanidine groups is 1. The number of rotatable bonds is 8. The molecule has 0 spiro atoms. The number of aryl methyl sites for hydroxylation is 2. The molecular weight excluding hydrogens is 541 g/mol. The minimum absolute atomic E-state index is 0. The normalized spacial score (nSPS) is 15.3. The molecule has 178 valence electrons. The molecule has 0 radical (unpaired) electrons. The van der Waals surface area contributed by atoms with Crippen LogP contribution in [0.5, 0.6) is 5.75 Å². The minimum Gasteiger partial charge on any atom is -0.492 e. The molecule has 1 saturated heterocycles. The molecule has 0 aliphatic carbocycles. The first-order chi connectivity index (χ1) is 14.9. The van der Waals surface area contributed by atoms with Crippen LogP contribution < -0.4 is 10.1 Å². The topological polar surface area (TPSA) is 66.1 Å². The monoisotopic (exact) mass is 575 g/mol. The Morgan fingerprint density at radius 2 is 1.97 bits per heavy atom. The maximum atomic E-state index is 5.91. The number of ether oxygens (including phenoxy) is 1. The number of piperidine rings is 1. The quantitative estimate of drug-likeness (QED) is 0.287. The molecule has 9 heteroatoms. The van der Waals surface area contributed by atoms with Crippen molar-refractivity contribution in [3.05, 3.63) is 46.6 Å². The number of hydrogen-bond acceptors (Lipinski definition) is 5. The molecule has 0 atom stereocenters. The number of likely N-dealkylation sites (tertiary alicyclic amines) is 1. The number of aromatic nitrogens is 1. The van der Waals surface area contributed by atoms with E-state index in [2.05, 4.69) is 25.1 Å². The van der Waals surface area contributed by atoms with Gasteiger partial charge in [-0.05, 0) is 70.0 Å². The second-order valence-corrected chi connectivity index (χ2v) is 8.56. The highest BCUT2D eigenvalue weighted by Gasteiger charge is 2.21. The standard InChI is InChI=1S/C23H34ClN5O2.HI/c1-17-18(2)31-22(27-17)16-29-11-9-19(10-12-29)15-26-23(25-3)28(4)13-14-30-21-7-5-20(24)6-8-21;/h5-8,19H,9-16H2,1-4H3,(H,25,26);1H. The average Bonchev–Trinajstić information content (AvgIpc) is 3.08. The summed E-state index contributed by atoms with van der Waals surface area (Å²) in [5.41, 5.74) is 0.989. The summed E-state index contributed by atoms with van der Waals surface area (Å²) >= 11 is 5.91. The zero-order chi connectivity index (χ0) is 22.2. The first-order valence-corrected chi connectivity index (χ1v) is 11.3. The van der Waals surface area contributed by atoms with Gasteiger partial charge in [-0.25, -0.2) is 4.98 Å². The number of hydrogen-bond donors (Lipinski definition) is 1. The molecule has 1 N–H and O–H groups in total. The van der Waals surface area contributed by atoms with Gasteiger partial charge in [0.1, 0.15) is 18.1 Å². The third-order valence-electron chi connectivity index (χ3n) is 5.77. The van der Waals surface area contributed by atoms with Crippen molar-refractivity contribution >= 4 is 41.5 Å². The lowest BCUT2D eigenvalue weighted by Gasteiger charge is -2.32. The van der Waals surface area contributed by atoms with Gasteiger partial charge in [-0.1, -0.05) is 11.6 Å². The Kier molecular flexibility index (Phi) is 11.1. The molecule has 7 nitrogen and oxygen atoms in total. The highest BCUT2D eigenvalue weighted by Crippen LogP contribution is 2.19. The van der Waals surface area contributed by atoms with Gasteiger partial charge in [0.05, 0.1) is 18.8 Å². The van der Waals surface area contributed by atoms with E-state index in [1.54, 1.807) is 0 Å². The first-order valence-electron chi connectivity index (χ1n) is 10.9. The van der Waals surface area contributed by atoms with Gasteiger partial charge < -0.3 is 19.4 Å². The Bertz CT molecular complexity index is 831. The van der Waals surface area contributed by atoms with Crippen molar-refractivity contribution in [3.63, 3.8) is 0 Å². The lowest BCUT2D eigenvalue weighted by atomic mass is 9.97. The van der Waals surface area contributed by atoms with Gasteiger partial charge in [-0.15, -0.1) is 24.0 Å². The number of oxazole rings is 1. The highest BCUT2D eigenvalue weighted by molar-refractivity contribution is 14.0. The predicted molar refractivity (Wildman–Crippen MR) is 140 cm³/mol. The SMILES string of the molecule is CN=C(NCC1CCN(Cc2nc(C)c(C)o2)CC1)N(C)CCOc1ccc(Cl)cc1.I. The van der Waals surface area contributed by atoms with Crippen molar-refractivity contribution in [1.29, 1.82) is 0 Å². The summed E-state index contributed by atoms with van der Waals surface area (Å²) in [5.74, 6) is 4.10. The molecule has 1 aliphatic rings. The van der Waals surface area contributed by atoms with Crippen LogP contribution in [0.2, 0.25) is 5.02 Å². The van der Waals surface area contributed by atoms with Gasteiger partial charge in [0.25, 0.3) is 0 Å². The second kappa shape index (κ2) is 13.3. The molecule has 3 rings (SSSR count). The zero-order valence-corrected chi connectivity index (χ0v) is 22.5. The Morgan fingerprint density at radius 1 is 1.28 bits per heavy atom. The molecular formula is C23H35ClIN5O2. The lowest BCUT2D eigenvalue weighted by molar-refractivity contribution is 0.163. The fraction of sp³-hybridized carbons (Fsp3) is 0.565. The molecule has 1 aromatic heterocycles. The van der Waals surface area contributed by atoms with Crippen molar-refractivity contribution < 1.29 is 9.15 Å². The Balaban J connectivity index is 0.00000363. The fourth-order valence-electron chi connectivity index (χ4n) is 3.70. The van der Waals surface area contributed by atoms with Crippen LogP contribution in [0, 0.1) is 19.8 Å². The smallest absolute Gasteiger partial charge is 0.208 e. The van der Waals surface area contributed by atoms with E-state index < -0.39 is 0 Å². The van der Waals surface area contributed by atoms with Crippen LogP contribution in [-0.2, 0) is 6.54 Å². The molecule has 2 heterocycles. The number of nitrogens with zero attached hydrogens (tertiary/aromatic N) is 4. The fourth-order valence-corrected chi connectivity index (χ4v) is 3.83. The molecule has 0 bridgehead atoms. The highest BCUT2D eigenvalue weighted by atomic mass is 127. The van der Waals surface area contributed by atoms with Gasteiger partial charge in [-0.2, -0.15) is 0 Å². The summed E-state index contributed by atoms with van der Waals surface area (Å²) in [6.07, 6.45) is 2.32. The molecule has 0 unspecified atom stereocenters. The van der Waals surface area contributed by atoms with Crippen molar-refractivity contribution in [2.75, 3.05) is 46.9 Å². The van der Waals surface area contributed by atoms with Crippen LogP contribution in [-0.4, -0.2) is 67.6 Å². The van der Waals surface area contributed by atoms with Crippen LogP contribution in [0.25, 0.3) is 0 Å². The average molecular weight is 576 g/mol. The first kappa shape index (κ1) is 26.7. The maximum absolute atomic E-state index is 5.91. The summed E-state index contributed by atoms with van der Waals surface area (Å²) in [7, 11) is 3.85. The van der Waals surface area contributed by atoms with Crippen LogP contribution in [0.3, 0.4) is 0 Å². The van der Waals surface area contributed by atoms with Crippen LogP contribution in [0.15, 0.2) is 33.7 Å². The summed E-state index contributed by atoms with van der Waals surface area (Å²) in [6, 6.07) is 7.43. The van der Waals surface area contributed by atoms with E-state index in [1.165, 1.54) is 0 Å². The Morgan fingerprint density at radius 3 is 2.56 bits per heavy atom. The molecule has 32 heavy (non-hydrogen) atoms. The van der Waals surface area contributed by atoms with Gasteiger partial charge in [0.15, 0.2) is 5.96 Å². The van der Waals surface area contributed by atoms with Crippen molar-refractivity contribution in [3.8, 4) is 5.75 Å². The van der Waals surface area contributed by atoms with E-state index in [0.717, 1.165) is 74.6 Å². The van der Waals surface area contributed by atoms with Gasteiger partial charge in [-0.3, -0.25) is 9.89 Å². The molecule has 0 amide bonds. The molecule has 1 aliphatic heterocycles. The van der Waals surface area contributed by atoms with Gasteiger partial charge in [0.2, 0.25) is 5.89 Å². The van der Waals surface area contributed by atoms with E-state index in [1.807, 2.05) is 52.2 Å². The largest absolute Gasteiger partial charge is 0.492 e. The van der Waals surface area contributed by atoms with Gasteiger partial charge >= 0.3 is 0 Å².